The highest BCUT2D eigenvalue weighted by Crippen LogP contribution is 2.24. The maximum Gasteiger partial charge on any atom is 0.250 e. The summed E-state index contributed by atoms with van der Waals surface area (Å²) in [6.45, 7) is 2.97. The number of guanidine groups is 2. The van der Waals surface area contributed by atoms with E-state index in [1.54, 1.807) is 69.6 Å². The van der Waals surface area contributed by atoms with Crippen molar-refractivity contribution in [3.8, 4) is 0 Å². The smallest absolute Gasteiger partial charge is 0.250 e. The van der Waals surface area contributed by atoms with Crippen LogP contribution in [0.25, 0.3) is 0 Å². The minimum absolute atomic E-state index is 0.0460. The quantitative estimate of drug-likeness (QED) is 0.239. The lowest BCUT2D eigenvalue weighted by molar-refractivity contribution is -0.126. The van der Waals surface area contributed by atoms with Crippen molar-refractivity contribution in [2.24, 2.45) is 10.7 Å². The molecule has 0 unspecified atom stereocenters. The van der Waals surface area contributed by atoms with Gasteiger partial charge in [0.05, 0.1) is 5.92 Å². The number of hydrogen-bond acceptors (Lipinski definition) is 6. The van der Waals surface area contributed by atoms with Gasteiger partial charge in [-0.2, -0.15) is 4.99 Å². The second kappa shape index (κ2) is 13.2. The van der Waals surface area contributed by atoms with Gasteiger partial charge in [-0.1, -0.05) is 67.2 Å². The Bertz CT molecular complexity index is 1170. The molecule has 0 bridgehead atoms. The average molecular weight is 511 g/mol. The first-order valence-corrected chi connectivity index (χ1v) is 12.0. The Kier molecular flexibility index (Phi) is 10.4. The topological polar surface area (TPSA) is 158 Å². The zero-order valence-corrected chi connectivity index (χ0v) is 21.4. The molecule has 11 heteroatoms. The third kappa shape index (κ3) is 8.35. The summed E-state index contributed by atoms with van der Waals surface area (Å²) in [4.78, 5) is 55.0. The number of aliphatic imine (C=N–C) groups is 1. The van der Waals surface area contributed by atoms with Crippen LogP contribution in [0.2, 0.25) is 0 Å². The number of carbonyl (C=O) groups excluding carboxylic acids is 4. The summed E-state index contributed by atoms with van der Waals surface area (Å²) < 4.78 is 0. The number of nitrogens with zero attached hydrogens (tertiary/aromatic N) is 2. The van der Waals surface area contributed by atoms with Crippen molar-refractivity contribution in [1.82, 2.24) is 15.5 Å². The summed E-state index contributed by atoms with van der Waals surface area (Å²) in [7, 11) is 3.19. The van der Waals surface area contributed by atoms with Crippen molar-refractivity contribution in [2.75, 3.05) is 19.8 Å². The van der Waals surface area contributed by atoms with Crippen molar-refractivity contribution in [3.63, 3.8) is 0 Å². The largest absolute Gasteiger partial charge is 0.369 e. The Hall–Kier alpha value is -3.99. The van der Waals surface area contributed by atoms with Crippen LogP contribution in [0, 0.1) is 5.41 Å². The van der Waals surface area contributed by atoms with E-state index in [9.17, 15) is 19.2 Å². The summed E-state index contributed by atoms with van der Waals surface area (Å²) in [6.07, 6.45) is 0. The highest BCUT2D eigenvalue weighted by Gasteiger charge is 2.24. The van der Waals surface area contributed by atoms with Crippen LogP contribution in [0.1, 0.15) is 41.3 Å². The van der Waals surface area contributed by atoms with Crippen molar-refractivity contribution < 1.29 is 19.2 Å². The molecule has 5 N–H and O–H groups in total. The Balaban J connectivity index is 2.07. The second-order valence-electron chi connectivity index (χ2n) is 8.13. The first kappa shape index (κ1) is 28.2. The Morgan fingerprint density at radius 1 is 1.06 bits per heavy atom. The highest BCUT2D eigenvalue weighted by molar-refractivity contribution is 8.13. The molecule has 0 spiro atoms. The molecule has 2 rings (SSSR count). The predicted octanol–water partition coefficient (Wildman–Crippen LogP) is 1.71. The van der Waals surface area contributed by atoms with Crippen LogP contribution in [0.4, 0.5) is 0 Å². The van der Waals surface area contributed by atoms with Gasteiger partial charge < -0.3 is 16.0 Å². The molecule has 0 aliphatic rings. The summed E-state index contributed by atoms with van der Waals surface area (Å²) in [5.74, 6) is -2.36. The molecule has 0 aromatic heterocycles. The van der Waals surface area contributed by atoms with E-state index in [1.165, 1.54) is 11.8 Å². The third-order valence-electron chi connectivity index (χ3n) is 5.03. The zero-order chi connectivity index (χ0) is 26.8. The number of amides is 2. The van der Waals surface area contributed by atoms with Crippen LogP contribution in [0.15, 0.2) is 59.6 Å². The average Bonchev–Trinajstić information content (AvgIpc) is 2.85. The van der Waals surface area contributed by atoms with E-state index in [0.717, 1.165) is 11.8 Å². The molecular formula is C25H30N6O4S. The van der Waals surface area contributed by atoms with E-state index >= 15 is 0 Å². The number of nitrogens with one attached hydrogen (secondary N) is 3. The minimum Gasteiger partial charge on any atom is -0.369 e. The normalized spacial score (nSPS) is 12.7. The third-order valence-corrected chi connectivity index (χ3v) is 6.16. The molecule has 2 atom stereocenters. The van der Waals surface area contributed by atoms with Gasteiger partial charge in [0.2, 0.25) is 23.7 Å². The van der Waals surface area contributed by atoms with Crippen LogP contribution in [-0.4, -0.2) is 65.4 Å². The van der Waals surface area contributed by atoms with Gasteiger partial charge in [0.15, 0.2) is 10.9 Å². The molecule has 190 valence electrons. The Morgan fingerprint density at radius 3 is 2.31 bits per heavy atom. The van der Waals surface area contributed by atoms with E-state index in [1.807, 2.05) is 6.07 Å². The van der Waals surface area contributed by atoms with Crippen LogP contribution < -0.4 is 16.4 Å². The molecule has 2 amide bonds. The van der Waals surface area contributed by atoms with Crippen molar-refractivity contribution in [3.05, 3.63) is 71.3 Å². The fraction of sp³-hybridized carbons (Fsp3) is 0.280. The molecule has 0 radical (unpaired) electrons. The van der Waals surface area contributed by atoms with Crippen molar-refractivity contribution in [1.29, 1.82) is 5.41 Å². The summed E-state index contributed by atoms with van der Waals surface area (Å²) >= 11 is 0.884. The molecule has 0 fully saturated rings. The fourth-order valence-electron chi connectivity index (χ4n) is 3.02. The summed E-state index contributed by atoms with van der Waals surface area (Å²) in [6, 6.07) is 14.7. The first-order chi connectivity index (χ1) is 17.0. The lowest BCUT2D eigenvalue weighted by Gasteiger charge is -2.18. The van der Waals surface area contributed by atoms with Gasteiger partial charge in [-0.15, -0.1) is 0 Å². The van der Waals surface area contributed by atoms with Crippen molar-refractivity contribution in [2.45, 2.75) is 25.8 Å². The number of nitrogens with two attached hydrogens (primary N) is 1. The van der Waals surface area contributed by atoms with E-state index in [0.29, 0.717) is 16.7 Å². The predicted molar refractivity (Wildman–Crippen MR) is 141 cm³/mol. The molecule has 10 nitrogen and oxygen atoms in total. The van der Waals surface area contributed by atoms with Crippen molar-refractivity contribution >= 4 is 46.4 Å². The van der Waals surface area contributed by atoms with Crippen LogP contribution in [0.3, 0.4) is 0 Å². The molecule has 0 saturated heterocycles. The van der Waals surface area contributed by atoms with Crippen LogP contribution in [0.5, 0.6) is 0 Å². The zero-order valence-electron chi connectivity index (χ0n) is 20.6. The number of hydrogen-bond donors (Lipinski definition) is 4. The van der Waals surface area contributed by atoms with E-state index in [2.05, 4.69) is 15.6 Å². The maximum atomic E-state index is 12.9. The minimum atomic E-state index is -1.06. The fourth-order valence-corrected chi connectivity index (χ4v) is 3.97. The molecule has 0 saturated carbocycles. The second-order valence-corrected chi connectivity index (χ2v) is 9.15. The number of thioether (sulfide) groups is 1. The van der Waals surface area contributed by atoms with E-state index in [-0.39, 0.29) is 28.6 Å². The van der Waals surface area contributed by atoms with Gasteiger partial charge in [-0.25, -0.2) is 0 Å². The molecule has 0 heterocycles. The molecule has 0 aliphatic carbocycles. The van der Waals surface area contributed by atoms with Gasteiger partial charge >= 0.3 is 0 Å². The number of carbonyl (C=O) groups is 4. The SMILES string of the molecule is CC(=O)N[C@H](CSC(=O)[C@@H](C)c1cccc(C(=O)c2ccccc2)c1)C(=O)N/C(N)=N/C(=N)N(C)C. The summed E-state index contributed by atoms with van der Waals surface area (Å²) in [5, 5.41) is 12.3. The molecule has 2 aromatic carbocycles. The molecular weight excluding hydrogens is 480 g/mol. The van der Waals surface area contributed by atoms with Crippen LogP contribution in [-0.2, 0) is 14.4 Å². The van der Waals surface area contributed by atoms with E-state index in [4.69, 9.17) is 11.1 Å². The van der Waals surface area contributed by atoms with Gasteiger partial charge in [0, 0.05) is 37.9 Å². The van der Waals surface area contributed by atoms with Gasteiger partial charge in [0.25, 0.3) is 0 Å². The Morgan fingerprint density at radius 2 is 1.69 bits per heavy atom. The lowest BCUT2D eigenvalue weighted by atomic mass is 9.96. The standard InChI is InChI=1S/C25H30N6O4S/c1-15(18-11-8-12-19(13-18)21(33)17-9-6-5-7-10-17)23(35)36-14-20(28-16(2)32)22(34)29-24(26)30-25(27)31(3)4/h5-13,15,20H,14H2,1-4H3,(H,28,32)(H4,26,27,29,30,34)/t15-,20+/m0/s1. The maximum absolute atomic E-state index is 12.9. The first-order valence-electron chi connectivity index (χ1n) is 11.0. The number of benzene rings is 2. The molecule has 0 aliphatic heterocycles. The Labute approximate surface area is 214 Å². The van der Waals surface area contributed by atoms with E-state index < -0.39 is 23.8 Å². The number of rotatable bonds is 8. The van der Waals surface area contributed by atoms with Gasteiger partial charge in [-0.3, -0.25) is 29.9 Å². The van der Waals surface area contributed by atoms with Gasteiger partial charge in [0.1, 0.15) is 6.04 Å². The summed E-state index contributed by atoms with van der Waals surface area (Å²) in [5.41, 5.74) is 7.36. The highest BCUT2D eigenvalue weighted by atomic mass is 32.2. The monoisotopic (exact) mass is 510 g/mol. The lowest BCUT2D eigenvalue weighted by Crippen LogP contribution is -2.51. The molecule has 2 aromatic rings. The number of ketones is 1. The molecule has 36 heavy (non-hydrogen) atoms. The van der Waals surface area contributed by atoms with Gasteiger partial charge in [-0.05, 0) is 11.6 Å². The van der Waals surface area contributed by atoms with Crippen LogP contribution >= 0.6 is 11.8 Å².